The van der Waals surface area contributed by atoms with Crippen LogP contribution >= 0.6 is 0 Å². The number of carbonyl (C=O) groups excluding carboxylic acids is 1. The van der Waals surface area contributed by atoms with Crippen LogP contribution in [-0.2, 0) is 9.53 Å². The zero-order chi connectivity index (χ0) is 12.8. The lowest BCUT2D eigenvalue weighted by atomic mass is 10.1. The average Bonchev–Trinajstić information content (AvgIpc) is 2.29. The average molecular weight is 243 g/mol. The molecule has 0 bridgehead atoms. The van der Waals surface area contributed by atoms with Gasteiger partial charge in [-0.1, -0.05) is 0 Å². The molecule has 0 unspecified atom stereocenters. The summed E-state index contributed by atoms with van der Waals surface area (Å²) in [6, 6.07) is 0.287. The zero-order valence-corrected chi connectivity index (χ0v) is 11.3. The van der Waals surface area contributed by atoms with E-state index in [1.807, 2.05) is 6.92 Å². The van der Waals surface area contributed by atoms with Gasteiger partial charge in [0.25, 0.3) is 0 Å². The molecule has 0 spiro atoms. The van der Waals surface area contributed by atoms with E-state index >= 15 is 0 Å². The molecule has 1 heterocycles. The second kappa shape index (κ2) is 6.93. The van der Waals surface area contributed by atoms with E-state index in [2.05, 4.69) is 36.4 Å². The minimum absolute atomic E-state index is 0.0364. The third-order valence-corrected chi connectivity index (χ3v) is 3.24. The predicted molar refractivity (Wildman–Crippen MR) is 68.0 cm³/mol. The summed E-state index contributed by atoms with van der Waals surface area (Å²) >= 11 is 0. The van der Waals surface area contributed by atoms with Crippen LogP contribution in [0.15, 0.2) is 0 Å². The summed E-state index contributed by atoms with van der Waals surface area (Å²) in [5, 5.41) is 6.12. The fourth-order valence-electron chi connectivity index (χ4n) is 1.75. The third-order valence-electron chi connectivity index (χ3n) is 3.24. The Labute approximate surface area is 104 Å². The van der Waals surface area contributed by atoms with E-state index in [9.17, 15) is 4.79 Å². The monoisotopic (exact) mass is 243 g/mol. The fourth-order valence-corrected chi connectivity index (χ4v) is 1.75. The van der Waals surface area contributed by atoms with Gasteiger partial charge < -0.3 is 20.3 Å². The van der Waals surface area contributed by atoms with Crippen LogP contribution in [0.5, 0.6) is 0 Å². The largest absolute Gasteiger partial charge is 0.375 e. The van der Waals surface area contributed by atoms with Crippen LogP contribution in [0.1, 0.15) is 20.8 Å². The smallest absolute Gasteiger partial charge is 0.239 e. The number of rotatable bonds is 5. The number of ether oxygens (including phenoxy) is 1. The summed E-state index contributed by atoms with van der Waals surface area (Å²) in [4.78, 5) is 14.1. The van der Waals surface area contributed by atoms with Gasteiger partial charge in [0.1, 0.15) is 6.04 Å². The van der Waals surface area contributed by atoms with E-state index in [1.54, 1.807) is 0 Å². The molecule has 0 aromatic rings. The van der Waals surface area contributed by atoms with Crippen LogP contribution in [-0.4, -0.2) is 62.3 Å². The van der Waals surface area contributed by atoms with Gasteiger partial charge in [-0.15, -0.1) is 0 Å². The summed E-state index contributed by atoms with van der Waals surface area (Å²) in [5.41, 5.74) is 0. The first-order chi connectivity index (χ1) is 8.02. The number of hydrogen-bond acceptors (Lipinski definition) is 4. The molecule has 0 aromatic heterocycles. The fraction of sp³-hybridized carbons (Fsp3) is 0.917. The molecule has 0 radical (unpaired) electrons. The molecule has 1 saturated heterocycles. The van der Waals surface area contributed by atoms with Crippen molar-refractivity contribution in [1.29, 1.82) is 0 Å². The van der Waals surface area contributed by atoms with Crippen molar-refractivity contribution >= 4 is 5.91 Å². The Morgan fingerprint density at radius 2 is 2.29 bits per heavy atom. The highest BCUT2D eigenvalue weighted by molar-refractivity contribution is 5.82. The lowest BCUT2D eigenvalue weighted by molar-refractivity contribution is -0.128. The number of nitrogens with one attached hydrogen (secondary N) is 2. The normalized spacial score (nSPS) is 25.3. The molecule has 5 nitrogen and oxygen atoms in total. The van der Waals surface area contributed by atoms with Gasteiger partial charge in [0.2, 0.25) is 5.91 Å². The number of amides is 1. The van der Waals surface area contributed by atoms with Crippen LogP contribution in [0.3, 0.4) is 0 Å². The molecule has 0 aromatic carbocycles. The second-order valence-electron chi connectivity index (χ2n) is 4.87. The first-order valence-electron chi connectivity index (χ1n) is 6.35. The molecule has 5 heteroatoms. The first kappa shape index (κ1) is 14.4. The highest BCUT2D eigenvalue weighted by atomic mass is 16.5. The molecule has 0 aliphatic carbocycles. The Morgan fingerprint density at radius 3 is 2.88 bits per heavy atom. The van der Waals surface area contributed by atoms with Gasteiger partial charge >= 0.3 is 0 Å². The lowest BCUT2D eigenvalue weighted by Crippen LogP contribution is -2.56. The van der Waals surface area contributed by atoms with Crippen molar-refractivity contribution in [2.24, 2.45) is 0 Å². The molecule has 0 saturated carbocycles. The van der Waals surface area contributed by atoms with Gasteiger partial charge in [0.05, 0.1) is 12.7 Å². The molecule has 1 fully saturated rings. The summed E-state index contributed by atoms with van der Waals surface area (Å²) in [7, 11) is 2.06. The number of nitrogens with zero attached hydrogens (tertiary/aromatic N) is 1. The maximum atomic E-state index is 11.9. The summed E-state index contributed by atoms with van der Waals surface area (Å²) in [5.74, 6) is 0.0364. The molecule has 2 N–H and O–H groups in total. The summed E-state index contributed by atoms with van der Waals surface area (Å²) in [6.45, 7) is 9.18. The highest BCUT2D eigenvalue weighted by Crippen LogP contribution is 2.03. The van der Waals surface area contributed by atoms with Crippen molar-refractivity contribution in [2.75, 3.05) is 33.3 Å². The van der Waals surface area contributed by atoms with Crippen LogP contribution in [0, 0.1) is 0 Å². The van der Waals surface area contributed by atoms with Gasteiger partial charge in [-0.25, -0.2) is 0 Å². The SMILES string of the molecule is CC(C)N(C)CCNC(=O)[C@H]1NCCO[C@@H]1C. The Kier molecular flexibility index (Phi) is 5.88. The standard InChI is InChI=1S/C12H25N3O2/c1-9(2)15(4)7-5-14-12(16)11-10(3)17-8-6-13-11/h9-11,13H,5-8H2,1-4H3,(H,14,16)/t10-,11+/m1/s1. The minimum atomic E-state index is -0.215. The van der Waals surface area contributed by atoms with Gasteiger partial charge in [-0.3, -0.25) is 4.79 Å². The lowest BCUT2D eigenvalue weighted by Gasteiger charge is -2.29. The molecule has 1 rings (SSSR count). The van der Waals surface area contributed by atoms with Crippen LogP contribution in [0.4, 0.5) is 0 Å². The quantitative estimate of drug-likeness (QED) is 0.703. The molecule has 1 amide bonds. The number of likely N-dealkylation sites (N-methyl/N-ethyl adjacent to an activating group) is 1. The van der Waals surface area contributed by atoms with Crippen molar-refractivity contribution in [2.45, 2.75) is 39.0 Å². The molecule has 1 aliphatic rings. The van der Waals surface area contributed by atoms with Crippen LogP contribution in [0.2, 0.25) is 0 Å². The van der Waals surface area contributed by atoms with Crippen LogP contribution in [0.25, 0.3) is 0 Å². The predicted octanol–water partition coefficient (Wildman–Crippen LogP) is -0.180. The van der Waals surface area contributed by atoms with E-state index in [0.717, 1.165) is 13.1 Å². The van der Waals surface area contributed by atoms with E-state index in [0.29, 0.717) is 19.2 Å². The maximum absolute atomic E-state index is 11.9. The Bertz CT molecular complexity index is 246. The molecule has 17 heavy (non-hydrogen) atoms. The van der Waals surface area contributed by atoms with Crippen LogP contribution < -0.4 is 10.6 Å². The van der Waals surface area contributed by atoms with Gasteiger partial charge in [0.15, 0.2) is 0 Å². The molecule has 1 aliphatic heterocycles. The molecular weight excluding hydrogens is 218 g/mol. The van der Waals surface area contributed by atoms with Crippen molar-refractivity contribution in [3.05, 3.63) is 0 Å². The zero-order valence-electron chi connectivity index (χ0n) is 11.3. The number of carbonyl (C=O) groups is 1. The third kappa shape index (κ3) is 4.61. The molecular formula is C12H25N3O2. The Hall–Kier alpha value is -0.650. The van der Waals surface area contributed by atoms with Gasteiger partial charge in [-0.05, 0) is 27.8 Å². The van der Waals surface area contributed by atoms with E-state index < -0.39 is 0 Å². The Balaban J connectivity index is 2.24. The van der Waals surface area contributed by atoms with E-state index in [1.165, 1.54) is 0 Å². The number of hydrogen-bond donors (Lipinski definition) is 2. The Morgan fingerprint density at radius 1 is 1.59 bits per heavy atom. The molecule has 100 valence electrons. The summed E-state index contributed by atoms with van der Waals surface area (Å²) in [6.07, 6.45) is -0.0495. The molecule has 2 atom stereocenters. The topological polar surface area (TPSA) is 53.6 Å². The van der Waals surface area contributed by atoms with Crippen molar-refractivity contribution < 1.29 is 9.53 Å². The highest BCUT2D eigenvalue weighted by Gasteiger charge is 2.27. The van der Waals surface area contributed by atoms with Gasteiger partial charge in [-0.2, -0.15) is 0 Å². The van der Waals surface area contributed by atoms with Gasteiger partial charge in [0, 0.05) is 25.7 Å². The number of morpholine rings is 1. The maximum Gasteiger partial charge on any atom is 0.239 e. The first-order valence-corrected chi connectivity index (χ1v) is 6.35. The van der Waals surface area contributed by atoms with E-state index in [4.69, 9.17) is 4.74 Å². The van der Waals surface area contributed by atoms with Crippen molar-refractivity contribution in [3.8, 4) is 0 Å². The van der Waals surface area contributed by atoms with E-state index in [-0.39, 0.29) is 18.1 Å². The van der Waals surface area contributed by atoms with Crippen molar-refractivity contribution in [1.82, 2.24) is 15.5 Å². The second-order valence-corrected chi connectivity index (χ2v) is 4.87. The van der Waals surface area contributed by atoms with Crippen molar-refractivity contribution in [3.63, 3.8) is 0 Å². The summed E-state index contributed by atoms with van der Waals surface area (Å²) < 4.78 is 5.44. The minimum Gasteiger partial charge on any atom is -0.375 e.